The average Bonchev–Trinajstić information content (AvgIpc) is 3.20. The second kappa shape index (κ2) is 11.1. The Morgan fingerprint density at radius 3 is 2.44 bits per heavy atom. The molecule has 1 N–H and O–H groups in total. The van der Waals surface area contributed by atoms with Crippen LogP contribution in [-0.2, 0) is 11.2 Å². The van der Waals surface area contributed by atoms with Gasteiger partial charge in [-0.05, 0) is 0 Å². The second-order valence-corrected chi connectivity index (χ2v) is 11.7. The van der Waals surface area contributed by atoms with Gasteiger partial charge in [-0.1, -0.05) is 0 Å². The first-order chi connectivity index (χ1) is 16.4. The number of benzene rings is 3. The van der Waals surface area contributed by atoms with Crippen molar-refractivity contribution in [1.82, 2.24) is 4.98 Å². The van der Waals surface area contributed by atoms with Crippen molar-refractivity contribution in [2.75, 3.05) is 6.61 Å². The zero-order valence-electron chi connectivity index (χ0n) is 19.4. The molecule has 4 nitrogen and oxygen atoms in total. The third-order valence-electron chi connectivity index (χ3n) is 5.46. The zero-order chi connectivity index (χ0) is 24.1. The van der Waals surface area contributed by atoms with Gasteiger partial charge in [0.1, 0.15) is 0 Å². The number of carbonyl (C=O) groups is 1. The third-order valence-corrected chi connectivity index (χ3v) is 9.78. The van der Waals surface area contributed by atoms with Crippen LogP contribution in [0.4, 0.5) is 0 Å². The molecular formula is C28H27NO3SSe. The van der Waals surface area contributed by atoms with Gasteiger partial charge >= 0.3 is 211 Å². The van der Waals surface area contributed by atoms with E-state index in [0.717, 1.165) is 22.6 Å². The van der Waals surface area contributed by atoms with Gasteiger partial charge in [0.15, 0.2) is 0 Å². The predicted octanol–water partition coefficient (Wildman–Crippen LogP) is 6.27. The van der Waals surface area contributed by atoms with Crippen molar-refractivity contribution in [2.45, 2.75) is 37.3 Å². The van der Waals surface area contributed by atoms with Crippen LogP contribution in [0.25, 0.3) is 10.1 Å². The van der Waals surface area contributed by atoms with Crippen LogP contribution in [0.15, 0.2) is 77.7 Å². The predicted molar refractivity (Wildman–Crippen MR) is 139 cm³/mol. The number of thioether (sulfide) groups is 1. The Morgan fingerprint density at radius 2 is 1.76 bits per heavy atom. The maximum absolute atomic E-state index is 10.8. The number of hydrogen-bond donors (Lipinski definition) is 1. The van der Waals surface area contributed by atoms with Crippen molar-refractivity contribution in [3.05, 3.63) is 99.6 Å². The summed E-state index contributed by atoms with van der Waals surface area (Å²) in [6.45, 7) is 5.85. The van der Waals surface area contributed by atoms with Crippen LogP contribution < -0.4 is 4.74 Å². The number of aromatic nitrogens is 1. The van der Waals surface area contributed by atoms with Crippen LogP contribution in [0.1, 0.15) is 32.1 Å². The molecule has 4 aromatic rings. The minimum atomic E-state index is -0.976. The summed E-state index contributed by atoms with van der Waals surface area (Å²) in [6, 6.07) is 25.2. The van der Waals surface area contributed by atoms with Gasteiger partial charge in [0.05, 0.1) is 0 Å². The number of aliphatic carboxylic acids is 1. The average molecular weight is 537 g/mol. The number of ether oxygens (including phenoxy) is 1. The summed E-state index contributed by atoms with van der Waals surface area (Å²) < 4.78 is 8.01. The number of hydrogen-bond acceptors (Lipinski definition) is 4. The third kappa shape index (κ3) is 6.20. The van der Waals surface area contributed by atoms with E-state index in [2.05, 4.69) is 68.4 Å². The van der Waals surface area contributed by atoms with Gasteiger partial charge in [0, 0.05) is 0 Å². The van der Waals surface area contributed by atoms with E-state index in [0.29, 0.717) is 5.75 Å². The van der Waals surface area contributed by atoms with E-state index >= 15 is 0 Å². The van der Waals surface area contributed by atoms with E-state index in [-0.39, 0.29) is 26.4 Å². The monoisotopic (exact) mass is 537 g/mol. The summed E-state index contributed by atoms with van der Waals surface area (Å²) in [4.78, 5) is 17.0. The number of carboxylic acids is 1. The quantitative estimate of drug-likeness (QED) is 0.202. The van der Waals surface area contributed by atoms with E-state index in [1.807, 2.05) is 36.9 Å². The fraction of sp³-hybridized carbons (Fsp3) is 0.214. The summed E-state index contributed by atoms with van der Waals surface area (Å²) in [5, 5.41) is 9.16. The first-order valence-electron chi connectivity index (χ1n) is 11.1. The molecule has 1 atom stereocenters. The normalized spacial score (nSPS) is 11.9. The molecule has 34 heavy (non-hydrogen) atoms. The molecule has 0 spiro atoms. The molecule has 0 saturated carbocycles. The second-order valence-electron chi connectivity index (χ2n) is 8.24. The van der Waals surface area contributed by atoms with Crippen molar-refractivity contribution in [1.29, 1.82) is 0 Å². The van der Waals surface area contributed by atoms with Crippen LogP contribution in [0.2, 0.25) is 0 Å². The van der Waals surface area contributed by atoms with Crippen LogP contribution in [0.5, 0.6) is 5.75 Å². The topological polar surface area (TPSA) is 59.4 Å². The molecule has 0 fully saturated rings. The Kier molecular flexibility index (Phi) is 7.94. The molecule has 0 amide bonds. The van der Waals surface area contributed by atoms with E-state index in [1.165, 1.54) is 25.7 Å². The van der Waals surface area contributed by atoms with Crippen molar-refractivity contribution < 1.29 is 14.6 Å². The Labute approximate surface area is 210 Å². The summed E-state index contributed by atoms with van der Waals surface area (Å²) in [6.07, 6.45) is 0.924. The van der Waals surface area contributed by atoms with Crippen LogP contribution in [-0.4, -0.2) is 37.2 Å². The first-order valence-corrected chi connectivity index (χ1v) is 13.7. The van der Waals surface area contributed by atoms with E-state index in [1.54, 1.807) is 0 Å². The molecule has 4 rings (SSSR count). The van der Waals surface area contributed by atoms with Gasteiger partial charge in [-0.25, -0.2) is 0 Å². The van der Waals surface area contributed by atoms with Gasteiger partial charge < -0.3 is 0 Å². The molecule has 3 aromatic carbocycles. The van der Waals surface area contributed by atoms with Gasteiger partial charge in [-0.3, -0.25) is 0 Å². The fourth-order valence-corrected chi connectivity index (χ4v) is 7.74. The number of carboxylic acid groups (broad SMARTS) is 1. The Balaban J connectivity index is 1.63. The molecular weight excluding hydrogens is 509 g/mol. The molecule has 0 aliphatic rings. The maximum atomic E-state index is 10.8. The zero-order valence-corrected chi connectivity index (χ0v) is 22.0. The molecule has 0 saturated heterocycles. The van der Waals surface area contributed by atoms with Gasteiger partial charge in [-0.2, -0.15) is 0 Å². The van der Waals surface area contributed by atoms with Crippen molar-refractivity contribution >= 4 is 32.2 Å². The minimum absolute atomic E-state index is 0.158. The van der Waals surface area contributed by atoms with Crippen LogP contribution in [0.3, 0.4) is 0 Å². The van der Waals surface area contributed by atoms with Crippen molar-refractivity contribution in [3.63, 3.8) is 0 Å². The summed E-state index contributed by atoms with van der Waals surface area (Å²) in [5.74, 6) is -0.368. The molecule has 0 aliphatic heterocycles. The summed E-state index contributed by atoms with van der Waals surface area (Å²) in [5.41, 5.74) is 5.83. The molecule has 0 radical (unpaired) electrons. The number of aryl methyl sites for hydroxylation is 3. The number of rotatable bonds is 9. The van der Waals surface area contributed by atoms with Crippen LogP contribution >= 0.6 is 11.8 Å². The van der Waals surface area contributed by atoms with Gasteiger partial charge in [0.25, 0.3) is 0 Å². The SMILES string of the molecule is Cc1ccc(-c2nc(C)c(C(Cc3ccccc3)Sc3ccc(OCC(=O)O)c(C)c3)[se]2)cc1. The summed E-state index contributed by atoms with van der Waals surface area (Å²) in [7, 11) is 0. The van der Waals surface area contributed by atoms with E-state index in [4.69, 9.17) is 14.8 Å². The Bertz CT molecular complexity index is 1270. The Hall–Kier alpha value is -2.79. The Morgan fingerprint density at radius 1 is 1.03 bits per heavy atom. The van der Waals surface area contributed by atoms with Gasteiger partial charge in [-0.15, -0.1) is 0 Å². The molecule has 1 aromatic heterocycles. The number of nitrogens with zero attached hydrogens (tertiary/aromatic N) is 1. The van der Waals surface area contributed by atoms with E-state index < -0.39 is 5.97 Å². The molecule has 1 heterocycles. The fourth-order valence-electron chi connectivity index (χ4n) is 3.70. The molecule has 174 valence electrons. The van der Waals surface area contributed by atoms with Crippen LogP contribution in [0, 0.1) is 20.8 Å². The first kappa shape index (κ1) is 24.3. The molecule has 0 aliphatic carbocycles. The van der Waals surface area contributed by atoms with E-state index in [9.17, 15) is 4.79 Å². The standard InChI is InChI=1S/C28H27NO3SSe/c1-18-9-11-22(12-10-18)28-29-20(3)27(34-28)25(16-21-7-5-4-6-8-21)33-23-13-14-24(19(2)15-23)32-17-26(30)31/h4-15,25H,16-17H2,1-3H3,(H,30,31). The molecule has 1 unspecified atom stereocenters. The van der Waals surface area contributed by atoms with Crippen molar-refractivity contribution in [2.24, 2.45) is 0 Å². The van der Waals surface area contributed by atoms with Crippen molar-refractivity contribution in [3.8, 4) is 15.9 Å². The molecule has 6 heteroatoms. The summed E-state index contributed by atoms with van der Waals surface area (Å²) >= 11 is 2.00. The van der Waals surface area contributed by atoms with Gasteiger partial charge in [0.2, 0.25) is 0 Å². The molecule has 0 bridgehead atoms.